The molecule has 0 aromatic carbocycles. The van der Waals surface area contributed by atoms with Gasteiger partial charge in [0.15, 0.2) is 0 Å². The Hall–Kier alpha value is 2.85. The summed E-state index contributed by atoms with van der Waals surface area (Å²) in [4.78, 5) is 0. The molecule has 0 aromatic heterocycles. The van der Waals surface area contributed by atoms with Crippen LogP contribution in [0.5, 0.6) is 0 Å². The molecule has 0 atom stereocenters. The molecule has 302 valence electrons. The predicted molar refractivity (Wildman–Crippen MR) is 254 cm³/mol. The molecule has 0 aliphatic carbocycles. The number of hydrogen-bond acceptors (Lipinski definition) is 16. The molecule has 0 saturated carbocycles. The smallest absolute Gasteiger partial charge is 0.412 e. The minimum atomic E-state index is 0. The molecule has 0 aliphatic heterocycles. The normalized spacial score (nSPS) is 7.80. The van der Waals surface area contributed by atoms with Crippen LogP contribution < -0.4 is 42.5 Å². The van der Waals surface area contributed by atoms with Crippen LogP contribution >= 0.6 is 97.7 Å². The Morgan fingerprint density at radius 2 is 0.420 bits per heavy atom. The van der Waals surface area contributed by atoms with Crippen molar-refractivity contribution >= 4 is 233 Å². The topological polar surface area (TPSA) is 96.2 Å². The van der Waals surface area contributed by atoms with E-state index in [1.54, 1.807) is 0 Å². The first-order valence-corrected chi connectivity index (χ1v) is 19.5. The second kappa shape index (κ2) is 61.1. The monoisotopic (exact) mass is 1160 g/mol. The molecule has 28 heteroatoms. The molecule has 0 fully saturated rings. The Labute approximate surface area is 427 Å². The van der Waals surface area contributed by atoms with Gasteiger partial charge < -0.3 is 241 Å². The van der Waals surface area contributed by atoms with Crippen molar-refractivity contribution in [3.05, 3.63) is 0 Å². The van der Waals surface area contributed by atoms with E-state index in [0.717, 1.165) is 25.9 Å². The van der Waals surface area contributed by atoms with E-state index < -0.39 is 0 Å². The zero-order valence-electron chi connectivity index (χ0n) is 26.3. The van der Waals surface area contributed by atoms with E-state index in [1.807, 2.05) is 0 Å². The van der Waals surface area contributed by atoms with E-state index in [-0.39, 0.29) is 66.0 Å². The van der Waals surface area contributed by atoms with E-state index >= 15 is 0 Å². The number of thiocarbonyl (C=S) groups is 8. The summed E-state index contributed by atoms with van der Waals surface area (Å²) in [5, 5.41) is 22.5. The molecule has 8 nitrogen and oxygen atoms in total. The summed E-state index contributed by atoms with van der Waals surface area (Å²) in [6, 6.07) is 0. The van der Waals surface area contributed by atoms with Gasteiger partial charge in [-0.3, -0.25) is 0 Å². The van der Waals surface area contributed by atoms with Crippen LogP contribution in [-0.4, -0.2) is 86.9 Å². The quantitative estimate of drug-likeness (QED) is 0.0531. The molecule has 0 heterocycles. The van der Waals surface area contributed by atoms with Crippen LogP contribution in [0.1, 0.15) is 39.5 Å². The van der Waals surface area contributed by atoms with Crippen LogP contribution in [0.4, 0.5) is 0 Å². The third-order valence-corrected chi connectivity index (χ3v) is 5.90. The molecule has 0 unspecified atom stereocenters. The maximum absolute atomic E-state index is 4.61. The van der Waals surface area contributed by atoms with Gasteiger partial charge in [0.2, 0.25) is 0 Å². The summed E-state index contributed by atoms with van der Waals surface area (Å²) >= 11 is 73.5. The molecular weight excluding hydrogens is 1120 g/mol. The SMILES string of the molecule is CCCCNC(=S)[S-].CCCCNC(=S)[S-].S=C([S-])NCCNC(=S)[S-].S=C([S-])NCCNC(=S)[S-].S=C([S-])NCCNC(=S)[S-].[Ni+2].[Ni+2].[Ni+2].[Ni+2]. The summed E-state index contributed by atoms with van der Waals surface area (Å²) < 4.78 is 3.20. The van der Waals surface area contributed by atoms with E-state index in [4.69, 9.17) is 0 Å². The molecule has 0 rings (SSSR count). The van der Waals surface area contributed by atoms with Gasteiger partial charge in [-0.05, 0) is 12.8 Å². The second-order valence-electron chi connectivity index (χ2n) is 7.42. The summed E-state index contributed by atoms with van der Waals surface area (Å²) in [6.45, 7) is 10.1. The van der Waals surface area contributed by atoms with Crippen LogP contribution in [0.3, 0.4) is 0 Å². The Balaban J connectivity index is -0.0000000591. The van der Waals surface area contributed by atoms with E-state index in [2.05, 4.69) is 255 Å². The van der Waals surface area contributed by atoms with E-state index in [9.17, 15) is 0 Å². The summed E-state index contributed by atoms with van der Waals surface area (Å²) in [5.74, 6) is 0. The first-order chi connectivity index (χ1) is 21.4. The predicted octanol–water partition coefficient (Wildman–Crippen LogP) is 1.89. The van der Waals surface area contributed by atoms with Gasteiger partial charge >= 0.3 is 66.0 Å². The van der Waals surface area contributed by atoms with Crippen molar-refractivity contribution in [2.45, 2.75) is 39.5 Å². The third kappa shape index (κ3) is 110. The standard InChI is InChI=1S/2C5H11NS2.3C4H8N2S4.4Ni/c2*1-2-3-4-6-5(7)8;3*7-3(8)5-1-2-6-4(9)10;;;;/h2*2-4H2,1H3,(H2,6,7,8);3*1-2H2,(H2,5,7,8)(H2,6,9,10);;;;/q;;;;;4*+2/p-8. The van der Waals surface area contributed by atoms with Crippen LogP contribution in [0.25, 0.3) is 0 Å². The molecular formula is C22H38N8Ni4S16. The molecule has 8 N–H and O–H groups in total. The van der Waals surface area contributed by atoms with Gasteiger partial charge in [-0.25, -0.2) is 0 Å². The van der Waals surface area contributed by atoms with Gasteiger partial charge in [-0.15, -0.1) is 0 Å². The van der Waals surface area contributed by atoms with Crippen molar-refractivity contribution in [1.82, 2.24) is 42.5 Å². The van der Waals surface area contributed by atoms with E-state index in [0.29, 0.717) is 73.8 Å². The fraction of sp³-hybridized carbons (Fsp3) is 0.636. The summed E-state index contributed by atoms with van der Waals surface area (Å²) in [5.41, 5.74) is 0. The number of hydrogen-bond donors (Lipinski definition) is 8. The molecule has 50 heavy (non-hydrogen) atoms. The minimum absolute atomic E-state index is 0. The van der Waals surface area contributed by atoms with Gasteiger partial charge in [0.1, 0.15) is 0 Å². The van der Waals surface area contributed by atoms with Crippen molar-refractivity contribution in [2.75, 3.05) is 52.4 Å². The van der Waals surface area contributed by atoms with Crippen molar-refractivity contribution < 1.29 is 66.0 Å². The number of unbranched alkanes of at least 4 members (excludes halogenated alkanes) is 2. The first-order valence-electron chi connectivity index (χ1n) is 13.0. The van der Waals surface area contributed by atoms with Crippen molar-refractivity contribution in [1.29, 1.82) is 0 Å². The van der Waals surface area contributed by atoms with Crippen LogP contribution in [0.15, 0.2) is 0 Å². The molecule has 0 aromatic rings. The average Bonchev–Trinajstić information content (AvgIpc) is 2.92. The zero-order valence-corrected chi connectivity index (χ0v) is 43.3. The number of rotatable bonds is 15. The van der Waals surface area contributed by atoms with Gasteiger partial charge in [0.25, 0.3) is 0 Å². The van der Waals surface area contributed by atoms with Crippen molar-refractivity contribution in [3.63, 3.8) is 0 Å². The largest absolute Gasteiger partial charge is 2.00 e. The van der Waals surface area contributed by atoms with Crippen molar-refractivity contribution in [2.24, 2.45) is 0 Å². The molecule has 0 aliphatic rings. The second-order valence-corrected chi connectivity index (χ2v) is 16.0. The third-order valence-electron chi connectivity index (χ3n) is 3.59. The maximum atomic E-state index is 4.61. The molecule has 0 amide bonds. The van der Waals surface area contributed by atoms with Gasteiger partial charge in [-0.1, -0.05) is 61.3 Å². The van der Waals surface area contributed by atoms with Gasteiger partial charge in [0.05, 0.1) is 0 Å². The first kappa shape index (κ1) is 73.9. The van der Waals surface area contributed by atoms with E-state index in [1.165, 1.54) is 12.8 Å². The Morgan fingerprint density at radius 1 is 0.300 bits per heavy atom. The summed E-state index contributed by atoms with van der Waals surface area (Å²) in [7, 11) is 0. The number of nitrogens with one attached hydrogen (secondary N) is 8. The molecule has 0 saturated heterocycles. The molecule has 0 radical (unpaired) electrons. The Bertz CT molecular complexity index is 740. The van der Waals surface area contributed by atoms with Crippen molar-refractivity contribution in [3.8, 4) is 0 Å². The van der Waals surface area contributed by atoms with Crippen LogP contribution in [0.2, 0.25) is 0 Å². The van der Waals surface area contributed by atoms with Crippen LogP contribution in [0, 0.1) is 0 Å². The zero-order chi connectivity index (χ0) is 36.8. The molecule has 0 bridgehead atoms. The fourth-order valence-electron chi connectivity index (χ4n) is 1.72. The minimum Gasteiger partial charge on any atom is -0.412 e. The van der Waals surface area contributed by atoms with Crippen LogP contribution in [-0.2, 0) is 167 Å². The summed E-state index contributed by atoms with van der Waals surface area (Å²) in [6.07, 6.45) is 4.67. The molecule has 0 spiro atoms. The van der Waals surface area contributed by atoms with Gasteiger partial charge in [0, 0.05) is 52.4 Å². The fourth-order valence-corrected chi connectivity index (χ4v) is 3.35. The van der Waals surface area contributed by atoms with Gasteiger partial charge in [-0.2, -0.15) is 0 Å². The maximum Gasteiger partial charge on any atom is 2.00 e. The Kier molecular flexibility index (Phi) is 90.3. The average molecular weight is 1160 g/mol. The Morgan fingerprint density at radius 3 is 0.520 bits per heavy atom.